The molecule has 0 saturated heterocycles. The van der Waals surface area contributed by atoms with Crippen LogP contribution in [-0.2, 0) is 0 Å². The number of ketones is 1. The van der Waals surface area contributed by atoms with E-state index in [4.69, 9.17) is 0 Å². The molecule has 0 unspecified atom stereocenters. The molecule has 8 heavy (non-hydrogen) atoms. The van der Waals surface area contributed by atoms with Crippen LogP contribution in [0.15, 0.2) is 10.6 Å². The van der Waals surface area contributed by atoms with E-state index in [1.165, 1.54) is 13.0 Å². The number of carbonyl (C=O) groups excluding carboxylic acids is 1. The van der Waals surface area contributed by atoms with Crippen molar-refractivity contribution >= 4 is 5.78 Å². The normalized spacial score (nSPS) is 9.12. The minimum absolute atomic E-state index is 0.126. The van der Waals surface area contributed by atoms with Crippen molar-refractivity contribution in [2.24, 2.45) is 0 Å². The van der Waals surface area contributed by atoms with Gasteiger partial charge in [0.25, 0.3) is 0 Å². The summed E-state index contributed by atoms with van der Waals surface area (Å²) in [5.41, 5.74) is 0. The van der Waals surface area contributed by atoms with Crippen LogP contribution in [0.4, 0.5) is 0 Å². The van der Waals surface area contributed by atoms with Crippen LogP contribution in [0.1, 0.15) is 17.5 Å². The lowest BCUT2D eigenvalue weighted by atomic mass is 10.3. The summed E-state index contributed by atoms with van der Waals surface area (Å²) in [5, 5.41) is 3.22. The van der Waals surface area contributed by atoms with E-state index in [2.05, 4.69) is 15.9 Å². The third-order valence-electron chi connectivity index (χ3n) is 0.739. The highest BCUT2D eigenvalue weighted by molar-refractivity contribution is 5.90. The Kier molecular flexibility index (Phi) is 1.12. The number of hydrogen-bond acceptors (Lipinski definition) is 3. The molecule has 1 heterocycles. The predicted molar refractivity (Wildman–Crippen MR) is 25.3 cm³/mol. The molecule has 0 aliphatic heterocycles. The van der Waals surface area contributed by atoms with Crippen LogP contribution in [-0.4, -0.2) is 10.9 Å². The highest BCUT2D eigenvalue weighted by atomic mass is 16.5. The van der Waals surface area contributed by atoms with Gasteiger partial charge in [0.15, 0.2) is 5.78 Å². The van der Waals surface area contributed by atoms with Crippen LogP contribution < -0.4 is 0 Å². The first-order valence-electron chi connectivity index (χ1n) is 2.14. The first-order valence-corrected chi connectivity index (χ1v) is 2.14. The molecule has 0 aliphatic rings. The van der Waals surface area contributed by atoms with Crippen LogP contribution in [0.5, 0.6) is 0 Å². The summed E-state index contributed by atoms with van der Waals surface area (Å²) in [7, 11) is 0. The number of hydrogen-bond donors (Lipinski definition) is 0. The maximum atomic E-state index is 10.4. The van der Waals surface area contributed by atoms with E-state index in [0.29, 0.717) is 0 Å². The van der Waals surface area contributed by atoms with Crippen LogP contribution in [0.25, 0.3) is 0 Å². The fourth-order valence-electron chi connectivity index (χ4n) is 0.353. The monoisotopic (exact) mass is 110 g/mol. The Morgan fingerprint density at radius 2 is 2.75 bits per heavy atom. The zero-order valence-electron chi connectivity index (χ0n) is 4.34. The molecule has 3 heteroatoms. The third kappa shape index (κ3) is 0.753. The number of aromatic nitrogens is 1. The summed E-state index contributed by atoms with van der Waals surface area (Å²) < 4.78 is 4.44. The SMILES string of the molecule is CC(=O)c1c[c]no1. The van der Waals surface area contributed by atoms with Gasteiger partial charge in [-0.1, -0.05) is 5.16 Å². The summed E-state index contributed by atoms with van der Waals surface area (Å²) in [6, 6.07) is 1.41. The van der Waals surface area contributed by atoms with Crippen molar-refractivity contribution < 1.29 is 9.32 Å². The molecule has 0 aromatic carbocycles. The van der Waals surface area contributed by atoms with Crippen molar-refractivity contribution in [2.75, 3.05) is 0 Å². The van der Waals surface area contributed by atoms with Crippen molar-refractivity contribution in [3.63, 3.8) is 0 Å². The second-order valence-corrected chi connectivity index (χ2v) is 1.38. The van der Waals surface area contributed by atoms with Gasteiger partial charge in [-0.3, -0.25) is 4.79 Å². The molecule has 0 spiro atoms. The maximum absolute atomic E-state index is 10.4. The highest BCUT2D eigenvalue weighted by Gasteiger charge is 2.00. The van der Waals surface area contributed by atoms with E-state index < -0.39 is 0 Å². The number of nitrogens with zero attached hydrogens (tertiary/aromatic N) is 1. The van der Waals surface area contributed by atoms with Gasteiger partial charge >= 0.3 is 0 Å². The molecule has 0 atom stereocenters. The Morgan fingerprint density at radius 1 is 2.00 bits per heavy atom. The third-order valence-corrected chi connectivity index (χ3v) is 0.739. The quantitative estimate of drug-likeness (QED) is 0.499. The minimum atomic E-state index is -0.126. The van der Waals surface area contributed by atoms with Crippen molar-refractivity contribution in [3.05, 3.63) is 18.0 Å². The van der Waals surface area contributed by atoms with Crippen LogP contribution in [0.2, 0.25) is 0 Å². The average molecular weight is 110 g/mol. The second kappa shape index (κ2) is 1.78. The van der Waals surface area contributed by atoms with Gasteiger partial charge in [-0.25, -0.2) is 0 Å². The Balaban J connectivity index is 2.93. The van der Waals surface area contributed by atoms with Gasteiger partial charge in [-0.2, -0.15) is 0 Å². The molecular formula is C5H4NO2. The smallest absolute Gasteiger partial charge is 0.202 e. The van der Waals surface area contributed by atoms with E-state index in [-0.39, 0.29) is 11.5 Å². The summed E-state index contributed by atoms with van der Waals surface area (Å²) >= 11 is 0. The van der Waals surface area contributed by atoms with Gasteiger partial charge < -0.3 is 4.52 Å². The van der Waals surface area contributed by atoms with Crippen LogP contribution in [0.3, 0.4) is 0 Å². The Hall–Kier alpha value is -1.12. The molecule has 1 aromatic heterocycles. The molecule has 0 fully saturated rings. The minimum Gasteiger partial charge on any atom is -0.352 e. The highest BCUT2D eigenvalue weighted by Crippen LogP contribution is 1.94. The van der Waals surface area contributed by atoms with E-state index in [0.717, 1.165) is 0 Å². The summed E-state index contributed by atoms with van der Waals surface area (Å²) in [6.45, 7) is 1.41. The average Bonchev–Trinajstić information content (AvgIpc) is 2.12. The Labute approximate surface area is 46.3 Å². The Morgan fingerprint density at radius 3 is 3.00 bits per heavy atom. The van der Waals surface area contributed by atoms with Crippen molar-refractivity contribution in [2.45, 2.75) is 6.92 Å². The summed E-state index contributed by atoms with van der Waals surface area (Å²) in [5.74, 6) is 0.128. The summed E-state index contributed by atoms with van der Waals surface area (Å²) in [6.07, 6.45) is 2.37. The van der Waals surface area contributed by atoms with Crippen molar-refractivity contribution in [1.82, 2.24) is 5.16 Å². The lowest BCUT2D eigenvalue weighted by molar-refractivity contribution is 0.0978. The van der Waals surface area contributed by atoms with Crippen molar-refractivity contribution in [1.29, 1.82) is 0 Å². The van der Waals surface area contributed by atoms with E-state index in [1.807, 2.05) is 0 Å². The van der Waals surface area contributed by atoms with Gasteiger partial charge in [0.1, 0.15) is 6.20 Å². The first-order chi connectivity index (χ1) is 3.80. The molecule has 0 bridgehead atoms. The van der Waals surface area contributed by atoms with Gasteiger partial charge in [0, 0.05) is 13.0 Å². The zero-order valence-corrected chi connectivity index (χ0v) is 4.34. The molecule has 0 amide bonds. The largest absolute Gasteiger partial charge is 0.352 e. The topological polar surface area (TPSA) is 43.1 Å². The molecule has 1 radical (unpaired) electrons. The lowest BCUT2D eigenvalue weighted by Gasteiger charge is -1.77. The second-order valence-electron chi connectivity index (χ2n) is 1.38. The molecule has 0 saturated carbocycles. The number of carbonyl (C=O) groups is 1. The van der Waals surface area contributed by atoms with Crippen LogP contribution in [0, 0.1) is 6.20 Å². The van der Waals surface area contributed by atoms with Gasteiger partial charge in [0.05, 0.1) is 0 Å². The number of Topliss-reactive ketones (excluding diaryl/α,β-unsaturated/α-hetero) is 1. The molecule has 1 aromatic rings. The lowest BCUT2D eigenvalue weighted by Crippen LogP contribution is -1.85. The molecule has 3 nitrogen and oxygen atoms in total. The number of rotatable bonds is 1. The Bertz CT molecular complexity index is 178. The van der Waals surface area contributed by atoms with Crippen molar-refractivity contribution in [3.8, 4) is 0 Å². The van der Waals surface area contributed by atoms with Crippen LogP contribution >= 0.6 is 0 Å². The van der Waals surface area contributed by atoms with E-state index >= 15 is 0 Å². The molecule has 0 N–H and O–H groups in total. The van der Waals surface area contributed by atoms with Gasteiger partial charge in [-0.15, -0.1) is 0 Å². The van der Waals surface area contributed by atoms with Gasteiger partial charge in [-0.05, 0) is 0 Å². The molecule has 41 valence electrons. The van der Waals surface area contributed by atoms with E-state index in [9.17, 15) is 4.79 Å². The molecule has 1 rings (SSSR count). The standard InChI is InChI=1S/C5H4NO2/c1-4(7)5-2-3-6-8-5/h2H,1H3. The van der Waals surface area contributed by atoms with E-state index in [1.54, 1.807) is 0 Å². The fourth-order valence-corrected chi connectivity index (χ4v) is 0.353. The maximum Gasteiger partial charge on any atom is 0.202 e. The molecular weight excluding hydrogens is 106 g/mol. The summed E-state index contributed by atoms with van der Waals surface area (Å²) in [4.78, 5) is 10.4. The zero-order chi connectivity index (χ0) is 5.98. The predicted octanol–water partition coefficient (Wildman–Crippen LogP) is 0.677. The fraction of sp³-hybridized carbons (Fsp3) is 0.200. The first kappa shape index (κ1) is 5.03. The molecule has 0 aliphatic carbocycles. The van der Waals surface area contributed by atoms with Gasteiger partial charge in [0.2, 0.25) is 5.76 Å².